The third-order valence-corrected chi connectivity index (χ3v) is 4.20. The van der Waals surface area contributed by atoms with Crippen LogP contribution >= 0.6 is 0 Å². The van der Waals surface area contributed by atoms with Gasteiger partial charge in [0.05, 0.1) is 11.4 Å². The summed E-state index contributed by atoms with van der Waals surface area (Å²) >= 11 is 0. The van der Waals surface area contributed by atoms with E-state index < -0.39 is 0 Å². The van der Waals surface area contributed by atoms with Crippen molar-refractivity contribution in [1.29, 1.82) is 10.5 Å². The number of nitrogens with zero attached hydrogens (tertiary/aromatic N) is 4. The first-order valence-electron chi connectivity index (χ1n) is 6.91. The third-order valence-electron chi connectivity index (χ3n) is 4.20. The van der Waals surface area contributed by atoms with E-state index in [1.165, 1.54) is 16.5 Å². The highest BCUT2D eigenvalue weighted by atomic mass is 14.9. The Morgan fingerprint density at radius 2 is 1.18 bits per heavy atom. The number of aryl methyl sites for hydroxylation is 2. The number of rotatable bonds is 0. The van der Waals surface area contributed by atoms with E-state index in [4.69, 9.17) is 0 Å². The van der Waals surface area contributed by atoms with Crippen molar-refractivity contribution in [3.8, 4) is 34.7 Å². The third kappa shape index (κ3) is 1.39. The number of fused-ring (bicyclic) bond motifs is 3. The van der Waals surface area contributed by atoms with E-state index in [1.807, 2.05) is 24.3 Å². The maximum absolute atomic E-state index is 9.18. The van der Waals surface area contributed by atoms with Crippen LogP contribution in [0.25, 0.3) is 33.3 Å². The van der Waals surface area contributed by atoms with Crippen LogP contribution in [0.3, 0.4) is 0 Å². The first-order valence-corrected chi connectivity index (χ1v) is 6.91. The van der Waals surface area contributed by atoms with Gasteiger partial charge in [0.2, 0.25) is 0 Å². The van der Waals surface area contributed by atoms with Crippen LogP contribution in [0.4, 0.5) is 0 Å². The van der Waals surface area contributed by atoms with Crippen LogP contribution in [0.15, 0.2) is 24.3 Å². The number of hydrogen-bond acceptors (Lipinski definition) is 4. The highest BCUT2D eigenvalue weighted by Crippen LogP contribution is 2.46. The Kier molecular flexibility index (Phi) is 2.35. The number of benzene rings is 2. The fourth-order valence-electron chi connectivity index (χ4n) is 3.23. The van der Waals surface area contributed by atoms with Gasteiger partial charge >= 0.3 is 0 Å². The summed E-state index contributed by atoms with van der Waals surface area (Å²) in [5, 5.41) is 20.7. The zero-order valence-corrected chi connectivity index (χ0v) is 12.1. The average Bonchev–Trinajstić information content (AvgIpc) is 2.84. The lowest BCUT2D eigenvalue weighted by Gasteiger charge is -2.08. The molecule has 2 aromatic carbocycles. The highest BCUT2D eigenvalue weighted by Gasteiger charge is 2.27. The van der Waals surface area contributed by atoms with Crippen LogP contribution < -0.4 is 0 Å². The van der Waals surface area contributed by atoms with Gasteiger partial charge in [0.25, 0.3) is 0 Å². The first-order chi connectivity index (χ1) is 10.7. The predicted molar refractivity (Wildman–Crippen MR) is 82.9 cm³/mol. The second kappa shape index (κ2) is 4.13. The minimum atomic E-state index is 0.0829. The fraction of sp³-hybridized carbons (Fsp3) is 0.111. The van der Waals surface area contributed by atoms with Gasteiger partial charge in [-0.15, -0.1) is 0 Å². The normalized spacial score (nSPS) is 11.1. The molecule has 1 aromatic heterocycles. The molecule has 0 N–H and O–H groups in total. The van der Waals surface area contributed by atoms with Gasteiger partial charge < -0.3 is 0 Å². The SMILES string of the molecule is Cc1ccc2c3c(ccc(C)c13)-c1nc(C#N)c(C#N)nc1-2. The van der Waals surface area contributed by atoms with Gasteiger partial charge in [-0.25, -0.2) is 9.97 Å². The summed E-state index contributed by atoms with van der Waals surface area (Å²) in [4.78, 5) is 8.79. The molecule has 102 valence electrons. The molecule has 4 nitrogen and oxygen atoms in total. The van der Waals surface area contributed by atoms with E-state index in [0.717, 1.165) is 16.5 Å². The summed E-state index contributed by atoms with van der Waals surface area (Å²) in [6, 6.07) is 12.1. The molecule has 0 fully saturated rings. The lowest BCUT2D eigenvalue weighted by Crippen LogP contribution is -1.97. The molecule has 1 aliphatic rings. The molecule has 1 heterocycles. The highest BCUT2D eigenvalue weighted by molar-refractivity contribution is 6.15. The molecule has 4 rings (SSSR count). The second-order valence-electron chi connectivity index (χ2n) is 5.45. The van der Waals surface area contributed by atoms with Gasteiger partial charge in [-0.2, -0.15) is 10.5 Å². The molecule has 22 heavy (non-hydrogen) atoms. The molecule has 0 spiro atoms. The van der Waals surface area contributed by atoms with E-state index >= 15 is 0 Å². The second-order valence-corrected chi connectivity index (χ2v) is 5.45. The molecular weight excluding hydrogens is 272 g/mol. The molecule has 0 saturated heterocycles. The van der Waals surface area contributed by atoms with Crippen molar-refractivity contribution in [2.24, 2.45) is 0 Å². The van der Waals surface area contributed by atoms with Crippen molar-refractivity contribution in [3.05, 3.63) is 46.8 Å². The summed E-state index contributed by atoms with van der Waals surface area (Å²) in [6.07, 6.45) is 0. The van der Waals surface area contributed by atoms with Gasteiger partial charge in [-0.3, -0.25) is 0 Å². The van der Waals surface area contributed by atoms with Gasteiger partial charge in [-0.05, 0) is 30.4 Å². The molecule has 0 atom stereocenters. The molecule has 0 saturated carbocycles. The van der Waals surface area contributed by atoms with Crippen molar-refractivity contribution >= 4 is 10.8 Å². The van der Waals surface area contributed by atoms with E-state index in [0.29, 0.717) is 11.4 Å². The zero-order valence-electron chi connectivity index (χ0n) is 12.1. The van der Waals surface area contributed by atoms with Crippen LogP contribution in [0.1, 0.15) is 22.5 Å². The maximum atomic E-state index is 9.18. The summed E-state index contributed by atoms with van der Waals surface area (Å²) in [7, 11) is 0. The Labute approximate surface area is 127 Å². The van der Waals surface area contributed by atoms with Crippen LogP contribution in [0.5, 0.6) is 0 Å². The fourth-order valence-corrected chi connectivity index (χ4v) is 3.23. The number of hydrogen-bond donors (Lipinski definition) is 0. The van der Waals surface area contributed by atoms with Crippen molar-refractivity contribution in [2.75, 3.05) is 0 Å². The predicted octanol–water partition coefficient (Wildman–Crippen LogP) is 3.64. The van der Waals surface area contributed by atoms with Crippen LogP contribution in [0.2, 0.25) is 0 Å². The Hall–Kier alpha value is -3.24. The maximum Gasteiger partial charge on any atom is 0.177 e. The Bertz CT molecular complexity index is 984. The number of nitriles is 2. The Balaban J connectivity index is 2.22. The zero-order chi connectivity index (χ0) is 15.4. The summed E-state index contributed by atoms with van der Waals surface area (Å²) in [6.45, 7) is 4.17. The summed E-state index contributed by atoms with van der Waals surface area (Å²) < 4.78 is 0. The molecule has 3 aromatic rings. The lowest BCUT2D eigenvalue weighted by molar-refractivity contribution is 1.15. The van der Waals surface area contributed by atoms with Crippen molar-refractivity contribution in [3.63, 3.8) is 0 Å². The molecule has 0 unspecified atom stereocenters. The average molecular weight is 282 g/mol. The van der Waals surface area contributed by atoms with Gasteiger partial charge in [-0.1, -0.05) is 24.3 Å². The van der Waals surface area contributed by atoms with E-state index in [9.17, 15) is 10.5 Å². The van der Waals surface area contributed by atoms with Crippen molar-refractivity contribution < 1.29 is 0 Å². The molecule has 0 aliphatic heterocycles. The number of aromatic nitrogens is 2. The van der Waals surface area contributed by atoms with Crippen molar-refractivity contribution in [1.82, 2.24) is 9.97 Å². The van der Waals surface area contributed by atoms with E-state index in [2.05, 4.69) is 35.9 Å². The van der Waals surface area contributed by atoms with Gasteiger partial charge in [0, 0.05) is 16.5 Å². The Morgan fingerprint density at radius 1 is 0.727 bits per heavy atom. The minimum Gasteiger partial charge on any atom is -0.232 e. The van der Waals surface area contributed by atoms with Crippen molar-refractivity contribution in [2.45, 2.75) is 13.8 Å². The molecule has 0 bridgehead atoms. The first kappa shape index (κ1) is 12.5. The smallest absolute Gasteiger partial charge is 0.177 e. The Morgan fingerprint density at radius 3 is 1.59 bits per heavy atom. The minimum absolute atomic E-state index is 0.0829. The standard InChI is InChI=1S/C18H10N4/c1-9-3-5-11-16-12(6-4-10(2)15(9)16)18-17(11)21-13(7-19)14(8-20)22-18/h3-6H,1-2H3. The molecule has 0 amide bonds. The largest absolute Gasteiger partial charge is 0.232 e. The molecule has 1 aliphatic carbocycles. The van der Waals surface area contributed by atoms with Gasteiger partial charge in [0.1, 0.15) is 12.1 Å². The van der Waals surface area contributed by atoms with Crippen LogP contribution in [-0.4, -0.2) is 9.97 Å². The molecule has 4 heteroatoms. The van der Waals surface area contributed by atoms with E-state index in [-0.39, 0.29) is 11.4 Å². The molecule has 0 radical (unpaired) electrons. The summed E-state index contributed by atoms with van der Waals surface area (Å²) in [5.74, 6) is 0. The topological polar surface area (TPSA) is 73.4 Å². The molecular formula is C18H10N4. The summed E-state index contributed by atoms with van der Waals surface area (Å²) in [5.41, 5.74) is 5.94. The van der Waals surface area contributed by atoms with E-state index in [1.54, 1.807) is 0 Å². The van der Waals surface area contributed by atoms with Crippen LogP contribution in [-0.2, 0) is 0 Å². The quantitative estimate of drug-likeness (QED) is 0.493. The van der Waals surface area contributed by atoms with Crippen LogP contribution in [0, 0.1) is 36.5 Å². The lowest BCUT2D eigenvalue weighted by atomic mass is 9.96. The van der Waals surface area contributed by atoms with Gasteiger partial charge in [0.15, 0.2) is 11.4 Å². The monoisotopic (exact) mass is 282 g/mol.